The van der Waals surface area contributed by atoms with Crippen molar-refractivity contribution in [1.82, 2.24) is 4.90 Å². The molecule has 0 unspecified atom stereocenters. The number of amides is 1. The highest BCUT2D eigenvalue weighted by Crippen LogP contribution is 2.40. The summed E-state index contributed by atoms with van der Waals surface area (Å²) in [5.74, 6) is -1.20. The number of aryl methyl sites for hydroxylation is 1. The SMILES string of the molecule is CCCCN1C(=O)/C(=C(\C=C2/CCCN2/C=C/C(=O)OC)C(=O)OC)c2cc(C)ccc21. The second kappa shape index (κ2) is 10.3. The lowest BCUT2D eigenvalue weighted by molar-refractivity contribution is -0.136. The van der Waals surface area contributed by atoms with Gasteiger partial charge in [-0.1, -0.05) is 25.0 Å². The fraction of sp³-hybridized carbons (Fsp3) is 0.400. The highest BCUT2D eigenvalue weighted by Gasteiger charge is 2.36. The van der Waals surface area contributed by atoms with Crippen LogP contribution in [0.5, 0.6) is 0 Å². The number of esters is 2. The van der Waals surface area contributed by atoms with Gasteiger partial charge in [0.25, 0.3) is 5.91 Å². The van der Waals surface area contributed by atoms with Gasteiger partial charge in [-0.25, -0.2) is 9.59 Å². The summed E-state index contributed by atoms with van der Waals surface area (Å²) in [4.78, 5) is 41.5. The molecule has 1 aromatic carbocycles. The maximum absolute atomic E-state index is 13.5. The van der Waals surface area contributed by atoms with E-state index in [4.69, 9.17) is 4.74 Å². The Kier molecular flexibility index (Phi) is 7.51. The molecule has 1 amide bonds. The number of fused-ring (bicyclic) bond motifs is 1. The maximum Gasteiger partial charge on any atom is 0.338 e. The van der Waals surface area contributed by atoms with Gasteiger partial charge >= 0.3 is 11.9 Å². The number of rotatable bonds is 7. The van der Waals surface area contributed by atoms with Crippen LogP contribution in [0, 0.1) is 6.92 Å². The summed E-state index contributed by atoms with van der Waals surface area (Å²) in [5.41, 5.74) is 4.01. The number of carbonyl (C=O) groups excluding carboxylic acids is 3. The summed E-state index contributed by atoms with van der Waals surface area (Å²) in [6.07, 6.45) is 8.12. The molecule has 0 bridgehead atoms. The van der Waals surface area contributed by atoms with E-state index in [0.717, 1.165) is 41.8 Å². The molecule has 0 radical (unpaired) electrons. The third-order valence-corrected chi connectivity index (χ3v) is 5.68. The van der Waals surface area contributed by atoms with Crippen molar-refractivity contribution in [2.45, 2.75) is 39.5 Å². The lowest BCUT2D eigenvalue weighted by atomic mass is 9.98. The third kappa shape index (κ3) is 4.77. The number of unbranched alkanes of at least 4 members (excludes halogenated alkanes) is 1. The van der Waals surface area contributed by atoms with Crippen molar-refractivity contribution in [3.63, 3.8) is 0 Å². The minimum absolute atomic E-state index is 0.189. The molecular formula is C25H30N2O5. The summed E-state index contributed by atoms with van der Waals surface area (Å²) in [7, 11) is 2.64. The molecule has 7 nitrogen and oxygen atoms in total. The Bertz CT molecular complexity index is 1010. The van der Waals surface area contributed by atoms with Crippen LogP contribution in [0.15, 0.2) is 47.8 Å². The Balaban J connectivity index is 2.13. The van der Waals surface area contributed by atoms with Gasteiger partial charge in [-0.3, -0.25) is 4.79 Å². The van der Waals surface area contributed by atoms with Gasteiger partial charge in [0.15, 0.2) is 0 Å². The van der Waals surface area contributed by atoms with Crippen molar-refractivity contribution in [2.75, 3.05) is 32.2 Å². The predicted octanol–water partition coefficient (Wildman–Crippen LogP) is 3.73. The van der Waals surface area contributed by atoms with E-state index in [1.807, 2.05) is 30.0 Å². The van der Waals surface area contributed by atoms with Gasteiger partial charge in [0.05, 0.1) is 31.1 Å². The summed E-state index contributed by atoms with van der Waals surface area (Å²) in [5, 5.41) is 0. The van der Waals surface area contributed by atoms with Crippen LogP contribution >= 0.6 is 0 Å². The Morgan fingerprint density at radius 2 is 1.97 bits per heavy atom. The standard InChI is InChI=1S/C25H30N2O5/c1-5-6-13-27-21-10-9-17(2)15-19(21)23(24(27)29)20(25(30)32-4)16-18-8-7-12-26(18)14-11-22(28)31-3/h9-11,14-16H,5-8,12-13H2,1-4H3/b14-11+,18-16+,23-20+. The zero-order chi connectivity index (χ0) is 23.3. The van der Waals surface area contributed by atoms with Gasteiger partial charge in [-0.15, -0.1) is 0 Å². The van der Waals surface area contributed by atoms with Crippen molar-refractivity contribution >= 4 is 29.1 Å². The van der Waals surface area contributed by atoms with Gasteiger partial charge in [-0.2, -0.15) is 0 Å². The number of carbonyl (C=O) groups is 3. The van der Waals surface area contributed by atoms with Crippen molar-refractivity contribution in [1.29, 1.82) is 0 Å². The van der Waals surface area contributed by atoms with Crippen LogP contribution in [0.2, 0.25) is 0 Å². The highest BCUT2D eigenvalue weighted by atomic mass is 16.5. The molecule has 1 aromatic rings. The number of nitrogens with zero attached hydrogens (tertiary/aromatic N) is 2. The lowest BCUT2D eigenvalue weighted by Gasteiger charge is -2.17. The maximum atomic E-state index is 13.5. The number of anilines is 1. The summed E-state index contributed by atoms with van der Waals surface area (Å²) in [6.45, 7) is 5.33. The van der Waals surface area contributed by atoms with E-state index in [1.54, 1.807) is 17.2 Å². The van der Waals surface area contributed by atoms with Crippen LogP contribution in [0.4, 0.5) is 5.69 Å². The second-order valence-electron chi connectivity index (χ2n) is 7.88. The lowest BCUT2D eigenvalue weighted by Crippen LogP contribution is -2.28. The third-order valence-electron chi connectivity index (χ3n) is 5.68. The van der Waals surface area contributed by atoms with Crippen LogP contribution in [-0.2, 0) is 23.9 Å². The van der Waals surface area contributed by atoms with Gasteiger partial charge in [-0.05, 0) is 44.4 Å². The molecule has 2 heterocycles. The number of hydrogen-bond acceptors (Lipinski definition) is 6. The molecule has 2 aliphatic heterocycles. The molecule has 0 saturated carbocycles. The zero-order valence-electron chi connectivity index (χ0n) is 19.1. The van der Waals surface area contributed by atoms with Crippen molar-refractivity contribution in [3.8, 4) is 0 Å². The summed E-state index contributed by atoms with van der Waals surface area (Å²) in [6, 6.07) is 5.86. The molecule has 2 aliphatic rings. The number of allylic oxidation sites excluding steroid dienone is 1. The summed E-state index contributed by atoms with van der Waals surface area (Å²) < 4.78 is 9.74. The minimum Gasteiger partial charge on any atom is -0.466 e. The first kappa shape index (κ1) is 23.3. The number of likely N-dealkylation sites (tertiary alicyclic amines) is 1. The number of ether oxygens (including phenoxy) is 2. The summed E-state index contributed by atoms with van der Waals surface area (Å²) >= 11 is 0. The highest BCUT2D eigenvalue weighted by molar-refractivity contribution is 6.36. The van der Waals surface area contributed by atoms with Crippen molar-refractivity contribution in [3.05, 3.63) is 58.9 Å². The van der Waals surface area contributed by atoms with Gasteiger partial charge in [0, 0.05) is 36.6 Å². The van der Waals surface area contributed by atoms with Crippen LogP contribution in [0.1, 0.15) is 43.7 Å². The van der Waals surface area contributed by atoms with E-state index >= 15 is 0 Å². The molecule has 32 heavy (non-hydrogen) atoms. The van der Waals surface area contributed by atoms with Crippen molar-refractivity contribution < 1.29 is 23.9 Å². The number of benzene rings is 1. The van der Waals surface area contributed by atoms with Gasteiger partial charge in [0.1, 0.15) is 0 Å². The fourth-order valence-corrected chi connectivity index (χ4v) is 4.02. The fourth-order valence-electron chi connectivity index (χ4n) is 4.02. The van der Waals surface area contributed by atoms with E-state index < -0.39 is 11.9 Å². The van der Waals surface area contributed by atoms with E-state index in [9.17, 15) is 14.4 Å². The minimum atomic E-state index is -0.561. The Morgan fingerprint density at radius 3 is 2.66 bits per heavy atom. The Morgan fingerprint density at radius 1 is 1.19 bits per heavy atom. The first-order valence-electron chi connectivity index (χ1n) is 10.9. The average Bonchev–Trinajstić information content (AvgIpc) is 3.34. The van der Waals surface area contributed by atoms with Crippen molar-refractivity contribution in [2.24, 2.45) is 0 Å². The molecule has 0 atom stereocenters. The number of hydrogen-bond donors (Lipinski definition) is 0. The van der Waals surface area contributed by atoms with E-state index in [-0.39, 0.29) is 11.5 Å². The molecular weight excluding hydrogens is 408 g/mol. The molecule has 3 rings (SSSR count). The van der Waals surface area contributed by atoms with Crippen LogP contribution in [0.3, 0.4) is 0 Å². The van der Waals surface area contributed by atoms with Gasteiger partial charge < -0.3 is 19.3 Å². The van der Waals surface area contributed by atoms with E-state index in [2.05, 4.69) is 11.7 Å². The predicted molar refractivity (Wildman–Crippen MR) is 123 cm³/mol. The van der Waals surface area contributed by atoms with Crippen LogP contribution in [-0.4, -0.2) is 50.1 Å². The topological polar surface area (TPSA) is 76.2 Å². The first-order chi connectivity index (χ1) is 15.4. The Labute approximate surface area is 189 Å². The first-order valence-corrected chi connectivity index (χ1v) is 10.9. The molecule has 0 aromatic heterocycles. The second-order valence-corrected chi connectivity index (χ2v) is 7.88. The van der Waals surface area contributed by atoms with Gasteiger partial charge in [0.2, 0.25) is 0 Å². The zero-order valence-corrected chi connectivity index (χ0v) is 19.1. The molecule has 170 valence electrons. The van der Waals surface area contributed by atoms with E-state index in [1.165, 1.54) is 20.3 Å². The molecule has 0 N–H and O–H groups in total. The van der Waals surface area contributed by atoms with Crippen LogP contribution < -0.4 is 4.90 Å². The molecule has 0 spiro atoms. The average molecular weight is 439 g/mol. The quantitative estimate of drug-likeness (QED) is 0.477. The molecule has 0 aliphatic carbocycles. The van der Waals surface area contributed by atoms with E-state index in [0.29, 0.717) is 25.1 Å². The molecule has 7 heteroatoms. The molecule has 1 fully saturated rings. The smallest absolute Gasteiger partial charge is 0.338 e. The normalized spacial score (nSPS) is 18.5. The number of methoxy groups -OCH3 is 2. The van der Waals surface area contributed by atoms with Crippen LogP contribution in [0.25, 0.3) is 5.57 Å². The monoisotopic (exact) mass is 438 g/mol. The largest absolute Gasteiger partial charge is 0.466 e. The molecule has 1 saturated heterocycles. The Hall–Kier alpha value is -3.35.